The Bertz CT molecular complexity index is 960. The average Bonchev–Trinajstić information content (AvgIpc) is 2.94. The van der Waals surface area contributed by atoms with Crippen LogP contribution in [0.15, 0.2) is 35.2 Å². The third-order valence-corrected chi connectivity index (χ3v) is 6.00. The van der Waals surface area contributed by atoms with Crippen molar-refractivity contribution in [3.05, 3.63) is 47.0 Å². The molecule has 0 aromatic heterocycles. The Balaban J connectivity index is 1.50. The van der Waals surface area contributed by atoms with E-state index in [1.807, 2.05) is 32.0 Å². The lowest BCUT2D eigenvalue weighted by molar-refractivity contribution is -0.115. The van der Waals surface area contributed by atoms with E-state index in [0.29, 0.717) is 30.8 Å². The maximum Gasteiger partial charge on any atom is 0.251 e. The highest BCUT2D eigenvalue weighted by molar-refractivity contribution is 7.99. The van der Waals surface area contributed by atoms with Crippen molar-refractivity contribution in [3.8, 4) is 11.5 Å². The van der Waals surface area contributed by atoms with Gasteiger partial charge in [-0.05, 0) is 44.2 Å². The Morgan fingerprint density at radius 3 is 3.03 bits per heavy atom. The van der Waals surface area contributed by atoms with Crippen molar-refractivity contribution in [3.63, 3.8) is 0 Å². The fourth-order valence-corrected chi connectivity index (χ4v) is 4.49. The summed E-state index contributed by atoms with van der Waals surface area (Å²) in [6.45, 7) is 4.86. The van der Waals surface area contributed by atoms with Gasteiger partial charge in [0.1, 0.15) is 17.6 Å². The molecular formula is C22H24N2O4S. The fraction of sp³-hybridized carbons (Fsp3) is 0.364. The summed E-state index contributed by atoms with van der Waals surface area (Å²) < 4.78 is 11.6. The number of hydrogen-bond acceptors (Lipinski definition) is 5. The van der Waals surface area contributed by atoms with E-state index in [9.17, 15) is 9.59 Å². The molecular weight excluding hydrogens is 388 g/mol. The molecule has 0 spiro atoms. The molecule has 0 unspecified atom stereocenters. The van der Waals surface area contributed by atoms with E-state index in [2.05, 4.69) is 10.6 Å². The van der Waals surface area contributed by atoms with Crippen LogP contribution in [0, 0.1) is 0 Å². The largest absolute Gasteiger partial charge is 0.494 e. The molecule has 2 amide bonds. The molecule has 29 heavy (non-hydrogen) atoms. The first-order valence-corrected chi connectivity index (χ1v) is 10.8. The second-order valence-electron chi connectivity index (χ2n) is 7.17. The summed E-state index contributed by atoms with van der Waals surface area (Å²) in [6.07, 6.45) is 1.48. The van der Waals surface area contributed by atoms with Crippen LogP contribution in [0.3, 0.4) is 0 Å². The summed E-state index contributed by atoms with van der Waals surface area (Å²) >= 11 is 1.62. The van der Waals surface area contributed by atoms with E-state index in [1.54, 1.807) is 23.9 Å². The molecule has 2 heterocycles. The molecule has 0 fully saturated rings. The Labute approximate surface area is 174 Å². The summed E-state index contributed by atoms with van der Waals surface area (Å²) in [5.41, 5.74) is 3.22. The van der Waals surface area contributed by atoms with Crippen LogP contribution in [0.2, 0.25) is 0 Å². The predicted octanol–water partition coefficient (Wildman–Crippen LogP) is 3.77. The molecule has 0 saturated carbocycles. The second-order valence-corrected chi connectivity index (χ2v) is 8.31. The molecule has 2 N–H and O–H groups in total. The Morgan fingerprint density at radius 1 is 1.34 bits per heavy atom. The molecule has 0 bridgehead atoms. The van der Waals surface area contributed by atoms with E-state index in [-0.39, 0.29) is 17.9 Å². The number of amides is 2. The second kappa shape index (κ2) is 8.37. The Morgan fingerprint density at radius 2 is 2.21 bits per heavy atom. The van der Waals surface area contributed by atoms with E-state index in [0.717, 1.165) is 39.7 Å². The van der Waals surface area contributed by atoms with Gasteiger partial charge in [-0.1, -0.05) is 0 Å². The van der Waals surface area contributed by atoms with Crippen LogP contribution < -0.4 is 20.1 Å². The third-order valence-electron chi connectivity index (χ3n) is 4.92. The van der Waals surface area contributed by atoms with Crippen LogP contribution in [0.5, 0.6) is 11.5 Å². The smallest absolute Gasteiger partial charge is 0.251 e. The fourth-order valence-electron chi connectivity index (χ4n) is 3.55. The van der Waals surface area contributed by atoms with Crippen molar-refractivity contribution in [2.75, 3.05) is 17.7 Å². The molecule has 6 nitrogen and oxygen atoms in total. The van der Waals surface area contributed by atoms with Crippen LogP contribution >= 0.6 is 11.8 Å². The standard InChI is InChI=1S/C22H24N2O4S/c1-3-27-18-10-15-8-13(2)28-19(15)11-16(18)12-23-22(26)14-4-5-20-17(9-14)24-21(25)6-7-29-20/h4-5,9-11,13H,3,6-8,12H2,1-2H3,(H,23,26)(H,24,25)/t13-/m1/s1. The minimum atomic E-state index is -0.200. The molecule has 7 heteroatoms. The third kappa shape index (κ3) is 4.34. The number of fused-ring (bicyclic) bond motifs is 2. The van der Waals surface area contributed by atoms with Gasteiger partial charge < -0.3 is 20.1 Å². The molecule has 4 rings (SSSR count). The first-order chi connectivity index (χ1) is 14.0. The molecule has 2 aromatic rings. The van der Waals surface area contributed by atoms with Gasteiger partial charge in [0.15, 0.2) is 0 Å². The van der Waals surface area contributed by atoms with E-state index in [4.69, 9.17) is 9.47 Å². The van der Waals surface area contributed by atoms with Crippen LogP contribution in [0.25, 0.3) is 0 Å². The lowest BCUT2D eigenvalue weighted by Gasteiger charge is -2.14. The lowest BCUT2D eigenvalue weighted by atomic mass is 10.1. The number of nitrogens with one attached hydrogen (secondary N) is 2. The Hall–Kier alpha value is -2.67. The summed E-state index contributed by atoms with van der Waals surface area (Å²) in [5, 5.41) is 5.83. The predicted molar refractivity (Wildman–Crippen MR) is 113 cm³/mol. The number of thioether (sulfide) groups is 1. The number of rotatable bonds is 5. The van der Waals surface area contributed by atoms with Gasteiger partial charge in [0.05, 0.1) is 12.3 Å². The van der Waals surface area contributed by atoms with Crippen molar-refractivity contribution in [2.45, 2.75) is 44.2 Å². The van der Waals surface area contributed by atoms with Crippen molar-refractivity contribution in [2.24, 2.45) is 0 Å². The number of benzene rings is 2. The summed E-state index contributed by atoms with van der Waals surface area (Å²) in [7, 11) is 0. The molecule has 152 valence electrons. The summed E-state index contributed by atoms with van der Waals surface area (Å²) in [6, 6.07) is 9.38. The molecule has 1 atom stereocenters. The highest BCUT2D eigenvalue weighted by Crippen LogP contribution is 2.35. The number of carbonyl (C=O) groups excluding carboxylic acids is 2. The zero-order valence-electron chi connectivity index (χ0n) is 16.5. The van der Waals surface area contributed by atoms with E-state index >= 15 is 0 Å². The normalized spacial score (nSPS) is 17.4. The molecule has 2 aliphatic rings. The zero-order chi connectivity index (χ0) is 20.4. The minimum Gasteiger partial charge on any atom is -0.494 e. The van der Waals surface area contributed by atoms with Gasteiger partial charge in [0.2, 0.25) is 5.91 Å². The van der Waals surface area contributed by atoms with Gasteiger partial charge in [-0.25, -0.2) is 0 Å². The number of hydrogen-bond donors (Lipinski definition) is 2. The quantitative estimate of drug-likeness (QED) is 0.782. The molecule has 2 aromatic carbocycles. The van der Waals surface area contributed by atoms with Crippen molar-refractivity contribution < 1.29 is 19.1 Å². The van der Waals surface area contributed by atoms with Gasteiger partial charge in [0.25, 0.3) is 5.91 Å². The maximum atomic E-state index is 12.7. The molecule has 0 saturated heterocycles. The number of anilines is 1. The van der Waals surface area contributed by atoms with Crippen molar-refractivity contribution >= 4 is 29.3 Å². The van der Waals surface area contributed by atoms with Gasteiger partial charge in [-0.15, -0.1) is 11.8 Å². The molecule has 0 aliphatic carbocycles. The highest BCUT2D eigenvalue weighted by atomic mass is 32.2. The van der Waals surface area contributed by atoms with Gasteiger partial charge in [0, 0.05) is 46.7 Å². The van der Waals surface area contributed by atoms with Crippen LogP contribution in [0.4, 0.5) is 5.69 Å². The average molecular weight is 413 g/mol. The van der Waals surface area contributed by atoms with Crippen LogP contribution in [-0.2, 0) is 17.8 Å². The lowest BCUT2D eigenvalue weighted by Crippen LogP contribution is -2.23. The number of carbonyl (C=O) groups is 2. The van der Waals surface area contributed by atoms with Crippen molar-refractivity contribution in [1.82, 2.24) is 5.32 Å². The van der Waals surface area contributed by atoms with Gasteiger partial charge in [-0.3, -0.25) is 9.59 Å². The van der Waals surface area contributed by atoms with Crippen LogP contribution in [-0.4, -0.2) is 30.3 Å². The van der Waals surface area contributed by atoms with Gasteiger partial charge in [-0.2, -0.15) is 0 Å². The first-order valence-electron chi connectivity index (χ1n) is 9.83. The molecule has 2 aliphatic heterocycles. The topological polar surface area (TPSA) is 76.7 Å². The highest BCUT2D eigenvalue weighted by Gasteiger charge is 2.22. The SMILES string of the molecule is CCOc1cc2c(cc1CNC(=O)c1ccc3c(c1)NC(=O)CCS3)O[C@H](C)C2. The van der Waals surface area contributed by atoms with E-state index < -0.39 is 0 Å². The van der Waals surface area contributed by atoms with Crippen molar-refractivity contribution in [1.29, 1.82) is 0 Å². The zero-order valence-corrected chi connectivity index (χ0v) is 17.4. The summed E-state index contributed by atoms with van der Waals surface area (Å²) in [4.78, 5) is 25.5. The maximum absolute atomic E-state index is 12.7. The number of ether oxygens (including phenoxy) is 2. The minimum absolute atomic E-state index is 0.0254. The first kappa shape index (κ1) is 19.6. The monoisotopic (exact) mass is 412 g/mol. The Kier molecular flexibility index (Phi) is 5.67. The summed E-state index contributed by atoms with van der Waals surface area (Å²) in [5.74, 6) is 2.14. The van der Waals surface area contributed by atoms with Gasteiger partial charge >= 0.3 is 0 Å². The van der Waals surface area contributed by atoms with E-state index in [1.165, 1.54) is 0 Å². The van der Waals surface area contributed by atoms with Crippen LogP contribution in [0.1, 0.15) is 41.8 Å². The molecule has 0 radical (unpaired) electrons.